The molecule has 0 aromatic rings. The summed E-state index contributed by atoms with van der Waals surface area (Å²) in [7, 11) is 0. The zero-order valence-corrected chi connectivity index (χ0v) is 36.4. The molecule has 4 N–H and O–H groups in total. The Morgan fingerprint density at radius 2 is 1.02 bits per heavy atom. The summed E-state index contributed by atoms with van der Waals surface area (Å²) in [5.41, 5.74) is 5.49. The van der Waals surface area contributed by atoms with Gasteiger partial charge in [0.15, 0.2) is 0 Å². The highest BCUT2D eigenvalue weighted by molar-refractivity contribution is 5.83. The number of carbonyl (C=O) groups excluding carboxylic acids is 2. The van der Waals surface area contributed by atoms with Crippen molar-refractivity contribution in [2.75, 3.05) is 6.54 Å². The van der Waals surface area contributed by atoms with Gasteiger partial charge >= 0.3 is 11.9 Å². The van der Waals surface area contributed by atoms with E-state index in [4.69, 9.17) is 10.5 Å². The lowest BCUT2D eigenvalue weighted by atomic mass is 10.1. The molecule has 0 aliphatic carbocycles. The second-order valence-corrected chi connectivity index (χ2v) is 15.1. The van der Waals surface area contributed by atoms with E-state index >= 15 is 0 Å². The van der Waals surface area contributed by atoms with Gasteiger partial charge in [0.25, 0.3) is 0 Å². The average Bonchev–Trinajstić information content (AvgIpc) is 3.20. The number of unbranched alkanes of at least 4 members (excludes halogenated alkanes) is 14. The molecule has 57 heavy (non-hydrogen) atoms. The van der Waals surface area contributed by atoms with Crippen LogP contribution in [0.2, 0.25) is 0 Å². The summed E-state index contributed by atoms with van der Waals surface area (Å²) in [5.74, 6) is -1.37. The first-order valence-electron chi connectivity index (χ1n) is 22.9. The highest BCUT2D eigenvalue weighted by atomic mass is 16.5. The van der Waals surface area contributed by atoms with Crippen LogP contribution >= 0.6 is 0 Å². The minimum Gasteiger partial charge on any atom is -0.480 e. The highest BCUT2D eigenvalue weighted by Gasteiger charge is 2.19. The fourth-order valence-electron chi connectivity index (χ4n) is 6.25. The number of nitrogens with one attached hydrogen (secondary N) is 1. The molecule has 7 nitrogen and oxygen atoms in total. The number of rotatable bonds is 40. The van der Waals surface area contributed by atoms with Gasteiger partial charge in [-0.05, 0) is 115 Å². The number of nitrogens with two attached hydrogens (primary N) is 1. The molecular formula is C50H84N2O5. The van der Waals surface area contributed by atoms with Gasteiger partial charge in [-0.3, -0.25) is 9.59 Å². The Bertz CT molecular complexity index is 1170. The molecule has 0 rings (SSSR count). The molecule has 324 valence electrons. The van der Waals surface area contributed by atoms with Crippen LogP contribution in [-0.2, 0) is 19.1 Å². The van der Waals surface area contributed by atoms with Gasteiger partial charge < -0.3 is 20.9 Å². The van der Waals surface area contributed by atoms with E-state index in [-0.39, 0.29) is 18.0 Å². The fourth-order valence-corrected chi connectivity index (χ4v) is 6.25. The summed E-state index contributed by atoms with van der Waals surface area (Å²) in [6.07, 6.45) is 57.9. The third-order valence-electron chi connectivity index (χ3n) is 9.68. The molecule has 1 amide bonds. The number of carboxylic acid groups (broad SMARTS) is 1. The van der Waals surface area contributed by atoms with Crippen molar-refractivity contribution < 1.29 is 24.2 Å². The molecule has 0 bridgehead atoms. The van der Waals surface area contributed by atoms with E-state index in [1.165, 1.54) is 51.4 Å². The molecular weight excluding hydrogens is 709 g/mol. The molecule has 0 aromatic carbocycles. The van der Waals surface area contributed by atoms with Crippen molar-refractivity contribution in [3.63, 3.8) is 0 Å². The molecule has 0 heterocycles. The Kier molecular flexibility index (Phi) is 41.0. The third kappa shape index (κ3) is 40.5. The first-order valence-corrected chi connectivity index (χ1v) is 22.9. The molecule has 7 heteroatoms. The van der Waals surface area contributed by atoms with Gasteiger partial charge in [0, 0.05) is 12.8 Å². The van der Waals surface area contributed by atoms with Crippen LogP contribution in [0.25, 0.3) is 0 Å². The molecule has 0 saturated carbocycles. The summed E-state index contributed by atoms with van der Waals surface area (Å²) >= 11 is 0. The first-order chi connectivity index (χ1) is 27.9. The molecule has 2 unspecified atom stereocenters. The van der Waals surface area contributed by atoms with E-state index in [1.807, 2.05) is 6.08 Å². The zero-order chi connectivity index (χ0) is 41.7. The maximum absolute atomic E-state index is 12.8. The van der Waals surface area contributed by atoms with E-state index in [1.54, 1.807) is 0 Å². The minimum atomic E-state index is -1.02. The lowest BCUT2D eigenvalue weighted by molar-refractivity contribution is -0.147. The molecule has 0 fully saturated rings. The summed E-state index contributed by atoms with van der Waals surface area (Å²) in [6.45, 7) is 4.78. The topological polar surface area (TPSA) is 119 Å². The van der Waals surface area contributed by atoms with E-state index in [2.05, 4.69) is 98.2 Å². The normalized spacial score (nSPS) is 13.5. The SMILES string of the molecule is CC/C=C\C/C=C\C/C=C\C/C=C\C/C=C\CCCCCCCCCC(=O)OC(/C=C\C/C=C\CCCCCC)CCCCCCC(=O)NC(CCCN)C(=O)O. The molecule has 0 aromatic heterocycles. The minimum absolute atomic E-state index is 0.118. The molecule has 0 saturated heterocycles. The summed E-state index contributed by atoms with van der Waals surface area (Å²) in [4.78, 5) is 36.4. The Labute approximate surface area is 349 Å². The largest absolute Gasteiger partial charge is 0.480 e. The van der Waals surface area contributed by atoms with Crippen LogP contribution in [0.5, 0.6) is 0 Å². The second kappa shape index (κ2) is 43.7. The van der Waals surface area contributed by atoms with Crippen molar-refractivity contribution in [2.24, 2.45) is 5.73 Å². The average molecular weight is 793 g/mol. The van der Waals surface area contributed by atoms with Crippen molar-refractivity contribution in [3.05, 3.63) is 85.1 Å². The quantitative estimate of drug-likeness (QED) is 0.0323. The molecule has 0 aliphatic heterocycles. The number of carboxylic acids is 1. The van der Waals surface area contributed by atoms with Crippen molar-refractivity contribution >= 4 is 17.8 Å². The Balaban J connectivity index is 4.27. The maximum Gasteiger partial charge on any atom is 0.326 e. The summed E-state index contributed by atoms with van der Waals surface area (Å²) in [6, 6.07) is -0.879. The van der Waals surface area contributed by atoms with Crippen LogP contribution in [0.1, 0.15) is 194 Å². The van der Waals surface area contributed by atoms with Crippen molar-refractivity contribution in [3.8, 4) is 0 Å². The second-order valence-electron chi connectivity index (χ2n) is 15.1. The Morgan fingerprint density at radius 3 is 1.56 bits per heavy atom. The Morgan fingerprint density at radius 1 is 0.544 bits per heavy atom. The predicted octanol–water partition coefficient (Wildman–Crippen LogP) is 13.3. The number of allylic oxidation sites excluding steroid dienone is 13. The van der Waals surface area contributed by atoms with Crippen molar-refractivity contribution in [1.29, 1.82) is 0 Å². The number of aliphatic carboxylic acids is 1. The molecule has 0 radical (unpaired) electrons. The smallest absolute Gasteiger partial charge is 0.326 e. The fraction of sp³-hybridized carbons (Fsp3) is 0.660. The summed E-state index contributed by atoms with van der Waals surface area (Å²) < 4.78 is 5.92. The van der Waals surface area contributed by atoms with E-state index in [0.29, 0.717) is 38.6 Å². The van der Waals surface area contributed by atoms with Crippen LogP contribution in [0.15, 0.2) is 85.1 Å². The molecule has 0 aliphatic rings. The molecule has 0 spiro atoms. The van der Waals surface area contributed by atoms with Crippen LogP contribution in [0.3, 0.4) is 0 Å². The number of hydrogen-bond donors (Lipinski definition) is 3. The number of ether oxygens (including phenoxy) is 1. The van der Waals surface area contributed by atoms with Gasteiger partial charge in [-0.1, -0.05) is 157 Å². The predicted molar refractivity (Wildman–Crippen MR) is 243 cm³/mol. The van der Waals surface area contributed by atoms with Crippen LogP contribution < -0.4 is 11.1 Å². The first kappa shape index (κ1) is 53.6. The van der Waals surface area contributed by atoms with Gasteiger partial charge in [0.2, 0.25) is 5.91 Å². The standard InChI is InChI=1S/C50H84N2O5/c1-3-5-7-9-11-13-14-15-16-17-18-19-20-21-22-23-24-25-26-28-30-32-38-44-49(54)57-46(40-35-31-29-27-12-10-8-6-4-2)41-36-33-34-37-43-48(53)52-47(50(55)56)42-39-45-51/h5,7,11,13,15-16,18-19,21-22,27,29,35,40,46-47H,3-4,6,8-10,12,14,17,20,23-26,28,30-34,36-39,41-45,51H2,1-2H3,(H,52,53)(H,55,56)/b7-5-,13-11-,16-15-,19-18-,22-21-,29-27-,40-35-. The third-order valence-corrected chi connectivity index (χ3v) is 9.68. The van der Waals surface area contributed by atoms with Gasteiger partial charge in [-0.15, -0.1) is 0 Å². The monoisotopic (exact) mass is 793 g/mol. The number of esters is 1. The van der Waals surface area contributed by atoms with E-state index in [0.717, 1.165) is 96.3 Å². The maximum atomic E-state index is 12.8. The van der Waals surface area contributed by atoms with Gasteiger partial charge in [0.05, 0.1) is 0 Å². The van der Waals surface area contributed by atoms with Crippen LogP contribution in [0.4, 0.5) is 0 Å². The molecule has 2 atom stereocenters. The highest BCUT2D eigenvalue weighted by Crippen LogP contribution is 2.15. The van der Waals surface area contributed by atoms with Gasteiger partial charge in [0.1, 0.15) is 12.1 Å². The van der Waals surface area contributed by atoms with Gasteiger partial charge in [-0.25, -0.2) is 4.79 Å². The lowest BCUT2D eigenvalue weighted by Gasteiger charge is -2.15. The van der Waals surface area contributed by atoms with E-state index in [9.17, 15) is 19.5 Å². The summed E-state index contributed by atoms with van der Waals surface area (Å²) in [5, 5.41) is 11.9. The van der Waals surface area contributed by atoms with Gasteiger partial charge in [-0.2, -0.15) is 0 Å². The van der Waals surface area contributed by atoms with Crippen LogP contribution in [-0.4, -0.2) is 41.6 Å². The lowest BCUT2D eigenvalue weighted by Crippen LogP contribution is -2.40. The van der Waals surface area contributed by atoms with E-state index < -0.39 is 12.0 Å². The zero-order valence-electron chi connectivity index (χ0n) is 36.4. The number of hydrogen-bond acceptors (Lipinski definition) is 5. The van der Waals surface area contributed by atoms with Crippen molar-refractivity contribution in [1.82, 2.24) is 5.32 Å². The number of carbonyl (C=O) groups is 3. The Hall–Kier alpha value is -3.45. The number of amides is 1. The van der Waals surface area contributed by atoms with Crippen molar-refractivity contribution in [2.45, 2.75) is 206 Å². The van der Waals surface area contributed by atoms with Crippen LogP contribution in [0, 0.1) is 0 Å².